The van der Waals surface area contributed by atoms with Crippen LogP contribution in [0.1, 0.15) is 37.8 Å². The van der Waals surface area contributed by atoms with E-state index in [1.54, 1.807) is 19.3 Å². The molecular weight excluding hydrogens is 316 g/mol. The molecule has 1 aromatic heterocycles. The molecule has 1 saturated heterocycles. The second-order valence-electron chi connectivity index (χ2n) is 6.80. The van der Waals surface area contributed by atoms with Crippen molar-refractivity contribution in [3.63, 3.8) is 0 Å². The van der Waals surface area contributed by atoms with E-state index in [2.05, 4.69) is 21.4 Å². The molecule has 1 fully saturated rings. The molecule has 25 heavy (non-hydrogen) atoms. The van der Waals surface area contributed by atoms with Gasteiger partial charge in [0, 0.05) is 57.2 Å². The molecule has 2 aliphatic rings. The second kappa shape index (κ2) is 6.35. The van der Waals surface area contributed by atoms with Crippen molar-refractivity contribution in [1.29, 1.82) is 0 Å². The molecule has 0 unspecified atom stereocenters. The number of piperidine rings is 1. The summed E-state index contributed by atoms with van der Waals surface area (Å²) in [6.45, 7) is 3.12. The Bertz CT molecular complexity index is 757. The van der Waals surface area contributed by atoms with Crippen molar-refractivity contribution in [2.75, 3.05) is 18.4 Å². The van der Waals surface area contributed by atoms with Gasteiger partial charge in [0.2, 0.25) is 11.9 Å². The van der Waals surface area contributed by atoms with Crippen LogP contribution in [0.2, 0.25) is 0 Å². The molecule has 1 spiro atoms. The van der Waals surface area contributed by atoms with Crippen LogP contribution in [0.15, 0.2) is 42.7 Å². The van der Waals surface area contributed by atoms with E-state index in [0.717, 1.165) is 43.7 Å². The molecule has 1 N–H and O–H groups in total. The highest BCUT2D eigenvalue weighted by Crippen LogP contribution is 2.45. The molecule has 0 bridgehead atoms. The van der Waals surface area contributed by atoms with E-state index in [9.17, 15) is 4.79 Å². The molecule has 6 heteroatoms. The van der Waals surface area contributed by atoms with Crippen LogP contribution in [0, 0.1) is 0 Å². The van der Waals surface area contributed by atoms with Gasteiger partial charge >= 0.3 is 0 Å². The number of fused-ring (bicyclic) bond motifs is 1. The van der Waals surface area contributed by atoms with Gasteiger partial charge < -0.3 is 15.0 Å². The number of nitrogens with one attached hydrogen (secondary N) is 1. The Labute approximate surface area is 147 Å². The fraction of sp³-hybridized carbons (Fsp3) is 0.421. The Hall–Kier alpha value is -2.63. The lowest BCUT2D eigenvalue weighted by atomic mass is 9.80. The van der Waals surface area contributed by atoms with Gasteiger partial charge in [-0.3, -0.25) is 4.79 Å². The highest BCUT2D eigenvalue weighted by molar-refractivity contribution is 5.73. The predicted molar refractivity (Wildman–Crippen MR) is 94.3 cm³/mol. The first-order valence-corrected chi connectivity index (χ1v) is 8.72. The lowest BCUT2D eigenvalue weighted by molar-refractivity contribution is -0.132. The largest absolute Gasteiger partial charge is 0.487 e. The first-order valence-electron chi connectivity index (χ1n) is 8.72. The molecule has 6 nitrogen and oxygen atoms in total. The molecule has 0 aliphatic carbocycles. The van der Waals surface area contributed by atoms with E-state index in [1.165, 1.54) is 0 Å². The number of likely N-dealkylation sites (tertiary alicyclic amines) is 1. The van der Waals surface area contributed by atoms with E-state index in [4.69, 9.17) is 4.74 Å². The first-order chi connectivity index (χ1) is 12.2. The standard InChI is InChI=1S/C19H22N4O2/c1-14(24)23-11-7-19(8-12-23)13-16(22-18-20-9-4-10-21-18)15-5-2-3-6-17(15)25-19/h2-6,9-10,16H,7-8,11-13H2,1H3,(H,20,21,22)/t16-/m1/s1. The van der Waals surface area contributed by atoms with Crippen LogP contribution in [-0.2, 0) is 4.79 Å². The van der Waals surface area contributed by atoms with E-state index in [-0.39, 0.29) is 17.6 Å². The van der Waals surface area contributed by atoms with Gasteiger partial charge in [-0.1, -0.05) is 18.2 Å². The van der Waals surface area contributed by atoms with Crippen LogP contribution in [0.25, 0.3) is 0 Å². The number of hydrogen-bond acceptors (Lipinski definition) is 5. The maximum atomic E-state index is 11.6. The van der Waals surface area contributed by atoms with Crippen LogP contribution in [0.5, 0.6) is 5.75 Å². The summed E-state index contributed by atoms with van der Waals surface area (Å²) in [7, 11) is 0. The number of aromatic nitrogens is 2. The summed E-state index contributed by atoms with van der Waals surface area (Å²) in [6, 6.07) is 10.0. The minimum Gasteiger partial charge on any atom is -0.487 e. The van der Waals surface area contributed by atoms with Gasteiger partial charge in [-0.05, 0) is 12.1 Å². The third-order valence-corrected chi connectivity index (χ3v) is 5.19. The Morgan fingerprint density at radius 3 is 2.64 bits per heavy atom. The molecular formula is C19H22N4O2. The third kappa shape index (κ3) is 3.16. The maximum absolute atomic E-state index is 11.6. The zero-order chi connectivity index (χ0) is 17.3. The summed E-state index contributed by atoms with van der Waals surface area (Å²) in [4.78, 5) is 22.1. The molecule has 2 aliphatic heterocycles. The monoisotopic (exact) mass is 338 g/mol. The number of rotatable bonds is 2. The Morgan fingerprint density at radius 2 is 1.92 bits per heavy atom. The van der Waals surface area contributed by atoms with E-state index in [0.29, 0.717) is 5.95 Å². The topological polar surface area (TPSA) is 67.4 Å². The molecule has 130 valence electrons. The van der Waals surface area contributed by atoms with Gasteiger partial charge in [-0.15, -0.1) is 0 Å². The number of nitrogens with zero attached hydrogens (tertiary/aromatic N) is 3. The number of ether oxygens (including phenoxy) is 1. The van der Waals surface area contributed by atoms with Crippen molar-refractivity contribution in [3.8, 4) is 5.75 Å². The van der Waals surface area contributed by atoms with Gasteiger partial charge in [0.25, 0.3) is 0 Å². The van der Waals surface area contributed by atoms with E-state index < -0.39 is 0 Å². The van der Waals surface area contributed by atoms with Gasteiger partial charge in [0.15, 0.2) is 0 Å². The summed E-state index contributed by atoms with van der Waals surface area (Å²) >= 11 is 0. The number of hydrogen-bond donors (Lipinski definition) is 1. The van der Waals surface area contributed by atoms with Gasteiger partial charge in [0.05, 0.1) is 6.04 Å². The fourth-order valence-electron chi connectivity index (χ4n) is 3.81. The molecule has 2 aromatic rings. The Kier molecular flexibility index (Phi) is 4.03. The highest BCUT2D eigenvalue weighted by atomic mass is 16.5. The van der Waals surface area contributed by atoms with E-state index >= 15 is 0 Å². The number of carbonyl (C=O) groups excluding carboxylic acids is 1. The van der Waals surface area contributed by atoms with Crippen LogP contribution < -0.4 is 10.1 Å². The van der Waals surface area contributed by atoms with E-state index in [1.807, 2.05) is 29.2 Å². The summed E-state index contributed by atoms with van der Waals surface area (Å²) < 4.78 is 6.44. The normalized spacial score (nSPS) is 21.3. The first kappa shape index (κ1) is 15.9. The van der Waals surface area contributed by atoms with Crippen molar-refractivity contribution in [3.05, 3.63) is 48.3 Å². The molecule has 0 radical (unpaired) electrons. The average molecular weight is 338 g/mol. The molecule has 1 atom stereocenters. The summed E-state index contributed by atoms with van der Waals surface area (Å²) in [5.41, 5.74) is 0.891. The quantitative estimate of drug-likeness (QED) is 0.912. The Morgan fingerprint density at radius 1 is 1.20 bits per heavy atom. The number of benzene rings is 1. The van der Waals surface area contributed by atoms with Gasteiger partial charge in [-0.2, -0.15) is 0 Å². The van der Waals surface area contributed by atoms with Gasteiger partial charge in [-0.25, -0.2) is 9.97 Å². The molecule has 0 saturated carbocycles. The predicted octanol–water partition coefficient (Wildman–Crippen LogP) is 2.79. The lowest BCUT2D eigenvalue weighted by Crippen LogP contribution is -2.52. The minimum atomic E-state index is -0.243. The number of para-hydroxylation sites is 1. The highest BCUT2D eigenvalue weighted by Gasteiger charge is 2.43. The number of carbonyl (C=O) groups is 1. The van der Waals surface area contributed by atoms with Crippen molar-refractivity contribution in [2.45, 2.75) is 37.8 Å². The second-order valence-corrected chi connectivity index (χ2v) is 6.80. The van der Waals surface area contributed by atoms with Gasteiger partial charge in [0.1, 0.15) is 11.4 Å². The SMILES string of the molecule is CC(=O)N1CCC2(CC1)C[C@@H](Nc1ncccn1)c1ccccc1O2. The summed E-state index contributed by atoms with van der Waals surface area (Å²) in [5, 5.41) is 3.46. The molecule has 3 heterocycles. The van der Waals surface area contributed by atoms with Crippen LogP contribution in [0.3, 0.4) is 0 Å². The lowest BCUT2D eigenvalue weighted by Gasteiger charge is -2.46. The van der Waals surface area contributed by atoms with Crippen LogP contribution in [-0.4, -0.2) is 39.5 Å². The zero-order valence-electron chi connectivity index (χ0n) is 14.3. The van der Waals surface area contributed by atoms with Crippen molar-refractivity contribution in [1.82, 2.24) is 14.9 Å². The minimum absolute atomic E-state index is 0.0937. The number of anilines is 1. The summed E-state index contributed by atoms with van der Waals surface area (Å²) in [6.07, 6.45) is 6.00. The smallest absolute Gasteiger partial charge is 0.223 e. The summed E-state index contributed by atoms with van der Waals surface area (Å²) in [5.74, 6) is 1.68. The Balaban J connectivity index is 1.60. The fourth-order valence-corrected chi connectivity index (χ4v) is 3.81. The maximum Gasteiger partial charge on any atom is 0.223 e. The third-order valence-electron chi connectivity index (χ3n) is 5.19. The molecule has 4 rings (SSSR count). The average Bonchev–Trinajstić information content (AvgIpc) is 2.63. The van der Waals surface area contributed by atoms with Crippen molar-refractivity contribution in [2.24, 2.45) is 0 Å². The zero-order valence-corrected chi connectivity index (χ0v) is 14.3. The molecule has 1 aromatic carbocycles. The van der Waals surface area contributed by atoms with Crippen molar-refractivity contribution < 1.29 is 9.53 Å². The van der Waals surface area contributed by atoms with Crippen LogP contribution >= 0.6 is 0 Å². The molecule has 1 amide bonds. The van der Waals surface area contributed by atoms with Crippen LogP contribution in [0.4, 0.5) is 5.95 Å². The van der Waals surface area contributed by atoms with Crippen molar-refractivity contribution >= 4 is 11.9 Å². The number of amides is 1.